The number of nitrogens with zero attached hydrogens (tertiary/aromatic N) is 8. The summed E-state index contributed by atoms with van der Waals surface area (Å²) in [6.45, 7) is 1.90. The molecule has 1 aromatic carbocycles. The van der Waals surface area contributed by atoms with Crippen LogP contribution in [0.1, 0.15) is 28.3 Å². The summed E-state index contributed by atoms with van der Waals surface area (Å²) in [5.74, 6) is -0.234. The van der Waals surface area contributed by atoms with E-state index >= 15 is 0 Å². The number of benzene rings is 1. The van der Waals surface area contributed by atoms with Crippen molar-refractivity contribution in [3.63, 3.8) is 0 Å². The second kappa shape index (κ2) is 10.5. The molecule has 48 heavy (non-hydrogen) atoms. The van der Waals surface area contributed by atoms with E-state index in [2.05, 4.69) is 30.5 Å². The van der Waals surface area contributed by atoms with Crippen LogP contribution in [-0.4, -0.2) is 57.1 Å². The highest BCUT2D eigenvalue weighted by molar-refractivity contribution is 6.20. The van der Waals surface area contributed by atoms with Crippen molar-refractivity contribution in [1.82, 2.24) is 39.7 Å². The van der Waals surface area contributed by atoms with Crippen molar-refractivity contribution in [2.45, 2.75) is 18.9 Å². The Bertz CT molecular complexity index is 2570. The third-order valence-corrected chi connectivity index (χ3v) is 8.52. The van der Waals surface area contributed by atoms with Gasteiger partial charge in [-0.15, -0.1) is 0 Å². The molecule has 1 unspecified atom stereocenters. The lowest BCUT2D eigenvalue weighted by molar-refractivity contribution is 0.0903. The van der Waals surface area contributed by atoms with E-state index in [0.29, 0.717) is 28.6 Å². The quantitative estimate of drug-likeness (QED) is 0.292. The minimum atomic E-state index is -1.32. The second-order valence-electron chi connectivity index (χ2n) is 11.9. The van der Waals surface area contributed by atoms with E-state index in [4.69, 9.17) is 9.98 Å². The normalized spacial score (nSPS) is 19.5. The molecule has 0 saturated heterocycles. The van der Waals surface area contributed by atoms with Gasteiger partial charge in [0.05, 0.1) is 34.2 Å². The number of nitrogens with one attached hydrogen (secondary N) is 2. The van der Waals surface area contributed by atoms with Gasteiger partial charge in [-0.2, -0.15) is 19.7 Å². The number of rotatable bonds is 4. The Labute approximate surface area is 272 Å². The topological polar surface area (TPSA) is 131 Å². The number of hydrogen-bond donors (Lipinski definition) is 2. The summed E-state index contributed by atoms with van der Waals surface area (Å²) in [6.07, 6.45) is 18.7. The maximum Gasteiger partial charge on any atom is 0.252 e. The zero-order valence-electron chi connectivity index (χ0n) is 25.5. The van der Waals surface area contributed by atoms with Crippen molar-refractivity contribution in [3.05, 3.63) is 148 Å². The molecule has 4 aliphatic rings. The molecule has 0 aliphatic carbocycles. The Morgan fingerprint density at radius 2 is 1.73 bits per heavy atom. The lowest BCUT2D eigenvalue weighted by atomic mass is 9.86. The monoisotopic (exact) mass is 632 g/mol. The van der Waals surface area contributed by atoms with Crippen LogP contribution in [0.2, 0.25) is 0 Å². The van der Waals surface area contributed by atoms with Gasteiger partial charge in [0.25, 0.3) is 5.78 Å². The summed E-state index contributed by atoms with van der Waals surface area (Å²) >= 11 is 0. The molecule has 8 bridgehead atoms. The summed E-state index contributed by atoms with van der Waals surface area (Å²) in [5.41, 5.74) is 5.22. The predicted molar refractivity (Wildman–Crippen MR) is 179 cm³/mol. The van der Waals surface area contributed by atoms with E-state index in [1.807, 2.05) is 73.7 Å². The van der Waals surface area contributed by atoms with Gasteiger partial charge in [-0.05, 0) is 98.0 Å². The molecule has 4 aromatic heterocycles. The number of aryl methyl sites for hydroxylation is 1. The molecule has 232 valence electrons. The van der Waals surface area contributed by atoms with Crippen molar-refractivity contribution in [2.75, 3.05) is 0 Å². The molecular formula is C36H25FN10O. The van der Waals surface area contributed by atoms with Gasteiger partial charge >= 0.3 is 0 Å². The maximum atomic E-state index is 14.8. The molecule has 12 heteroatoms. The third kappa shape index (κ3) is 4.78. The molecule has 11 nitrogen and oxygen atoms in total. The van der Waals surface area contributed by atoms with Crippen LogP contribution >= 0.6 is 0 Å². The van der Waals surface area contributed by atoms with Gasteiger partial charge in [-0.3, -0.25) is 4.79 Å². The number of fused-ring (bicyclic) bond motifs is 7. The van der Waals surface area contributed by atoms with Crippen molar-refractivity contribution in [1.29, 1.82) is 0 Å². The highest BCUT2D eigenvalue weighted by atomic mass is 19.1. The van der Waals surface area contributed by atoms with E-state index in [-0.39, 0.29) is 17.9 Å². The molecule has 5 aromatic rings. The molecule has 1 atom stereocenters. The lowest BCUT2D eigenvalue weighted by Gasteiger charge is -2.26. The van der Waals surface area contributed by atoms with Crippen LogP contribution in [0.15, 0.2) is 125 Å². The van der Waals surface area contributed by atoms with E-state index in [1.54, 1.807) is 28.9 Å². The number of ketones is 1. The van der Waals surface area contributed by atoms with Crippen LogP contribution in [-0.2, 0) is 0 Å². The fourth-order valence-electron chi connectivity index (χ4n) is 6.38. The fraction of sp³-hybridized carbons (Fsp3) is 0.0833. The first-order valence-electron chi connectivity index (χ1n) is 15.3. The summed E-state index contributed by atoms with van der Waals surface area (Å²) in [7, 11) is 0. The maximum absolute atomic E-state index is 14.8. The molecule has 8 heterocycles. The first-order chi connectivity index (χ1) is 23.4. The van der Waals surface area contributed by atoms with E-state index in [0.717, 1.165) is 39.1 Å². The van der Waals surface area contributed by atoms with Crippen molar-refractivity contribution < 1.29 is 9.18 Å². The number of carbonyl (C=O) groups is 1. The van der Waals surface area contributed by atoms with Gasteiger partial charge in [0.2, 0.25) is 5.78 Å². The zero-order chi connectivity index (χ0) is 32.4. The number of allylic oxidation sites excluding steroid dienone is 5. The number of H-pyrrole nitrogens is 1. The first-order valence-corrected chi connectivity index (χ1v) is 15.3. The molecule has 0 amide bonds. The van der Waals surface area contributed by atoms with Crippen molar-refractivity contribution >= 4 is 40.7 Å². The molecular weight excluding hydrogens is 607 g/mol. The highest BCUT2D eigenvalue weighted by Crippen LogP contribution is 2.40. The third-order valence-electron chi connectivity index (χ3n) is 8.52. The number of Topliss-reactive ketones (excluding diaryl/α,β-unsaturated/α-hetero) is 1. The van der Waals surface area contributed by atoms with Gasteiger partial charge in [-0.25, -0.2) is 24.0 Å². The van der Waals surface area contributed by atoms with Crippen LogP contribution in [0, 0.1) is 12.7 Å². The van der Waals surface area contributed by atoms with Gasteiger partial charge in [0.15, 0.2) is 0 Å². The molecule has 2 N–H and O–H groups in total. The van der Waals surface area contributed by atoms with Gasteiger partial charge in [0, 0.05) is 40.3 Å². The summed E-state index contributed by atoms with van der Waals surface area (Å²) in [5, 5.41) is 14.5. The van der Waals surface area contributed by atoms with Gasteiger partial charge in [-0.1, -0.05) is 6.07 Å². The zero-order valence-corrected chi connectivity index (χ0v) is 25.5. The Morgan fingerprint density at radius 1 is 0.938 bits per heavy atom. The lowest BCUT2D eigenvalue weighted by Crippen LogP contribution is -2.47. The highest BCUT2D eigenvalue weighted by Gasteiger charge is 2.45. The Kier molecular flexibility index (Phi) is 6.06. The minimum absolute atomic E-state index is 0.204. The van der Waals surface area contributed by atoms with Crippen LogP contribution < -0.4 is 16.0 Å². The number of aromatic amines is 1. The number of aliphatic imine (C=N–C) groups is 2. The van der Waals surface area contributed by atoms with E-state index in [9.17, 15) is 9.18 Å². The molecule has 0 spiro atoms. The van der Waals surface area contributed by atoms with Crippen molar-refractivity contribution in [2.24, 2.45) is 9.98 Å². The molecule has 4 aliphatic heterocycles. The van der Waals surface area contributed by atoms with Crippen LogP contribution in [0.3, 0.4) is 0 Å². The number of hydrogen-bond acceptors (Lipinski definition) is 8. The second-order valence-corrected chi connectivity index (χ2v) is 11.9. The molecule has 0 saturated carbocycles. The average molecular weight is 633 g/mol. The number of halogens is 1. The fourth-order valence-corrected chi connectivity index (χ4v) is 6.38. The number of carbonyl (C=O) groups excluding carboxylic acids is 1. The summed E-state index contributed by atoms with van der Waals surface area (Å²) in [6, 6.07) is 13.6. The molecule has 0 fully saturated rings. The van der Waals surface area contributed by atoms with Crippen LogP contribution in [0.5, 0.6) is 0 Å². The standard InChI is InChI=1S/C36H25FN10O/c1-21-13-33(47-35(40-21)38-20-39-47)30-19-36(34(48)31-11-12-46(45-31)29-4-2-3-22(37)14-29)18-28-10-9-26(43-28)16-24-6-5-23(41-24)15-25-7-8-27(42-25)17-32(30)44-36/h2-18,20,41,44H,19H2,1H3. The smallest absolute Gasteiger partial charge is 0.252 e. The van der Waals surface area contributed by atoms with Crippen LogP contribution in [0.25, 0.3) is 29.2 Å². The Morgan fingerprint density at radius 3 is 2.54 bits per heavy atom. The van der Waals surface area contributed by atoms with Crippen molar-refractivity contribution in [3.8, 4) is 5.69 Å². The summed E-state index contributed by atoms with van der Waals surface area (Å²) in [4.78, 5) is 36.8. The Balaban J connectivity index is 1.25. The molecule has 0 radical (unpaired) electrons. The van der Waals surface area contributed by atoms with E-state index in [1.165, 1.54) is 23.1 Å². The minimum Gasteiger partial charge on any atom is -0.369 e. The summed E-state index contributed by atoms with van der Waals surface area (Å²) < 4.78 is 17.2. The first kappa shape index (κ1) is 27.7. The number of aromatic nitrogens is 7. The largest absolute Gasteiger partial charge is 0.369 e. The SMILES string of the molecule is Cc1cc(C2=C3C=C4C=CC(=N4)C=c4ccc([nH]4)=CC4=NC(=CC(C(=O)c5ccn(-c6cccc(F)c6)n5)(C2)N3)C=C4)n2ncnc2n1. The van der Waals surface area contributed by atoms with Gasteiger partial charge < -0.3 is 10.3 Å². The predicted octanol–water partition coefficient (Wildman–Crippen LogP) is 3.48. The van der Waals surface area contributed by atoms with Gasteiger partial charge in [0.1, 0.15) is 23.4 Å². The van der Waals surface area contributed by atoms with Crippen LogP contribution in [0.4, 0.5) is 4.39 Å². The Hall–Kier alpha value is -6.56. The van der Waals surface area contributed by atoms with E-state index < -0.39 is 11.4 Å². The molecule has 9 rings (SSSR count). The average Bonchev–Trinajstić information content (AvgIpc) is 3.91.